The van der Waals surface area contributed by atoms with Crippen LogP contribution in [0.1, 0.15) is 11.1 Å². The highest BCUT2D eigenvalue weighted by molar-refractivity contribution is 5.72. The van der Waals surface area contributed by atoms with E-state index in [1.807, 2.05) is 0 Å². The summed E-state index contributed by atoms with van der Waals surface area (Å²) >= 11 is 0. The second-order valence-electron chi connectivity index (χ2n) is 7.67. The number of hydrogen-bond acceptors (Lipinski definition) is 1. The lowest BCUT2D eigenvalue weighted by Crippen LogP contribution is -2.22. The lowest BCUT2D eigenvalue weighted by molar-refractivity contribution is -0.187. The highest BCUT2D eigenvalue weighted by Gasteiger charge is 2.36. The Morgan fingerprint density at radius 1 is 0.571 bits per heavy atom. The third kappa shape index (κ3) is 4.71. The van der Waals surface area contributed by atoms with E-state index >= 15 is 0 Å². The van der Waals surface area contributed by atoms with E-state index in [0.29, 0.717) is 17.7 Å². The van der Waals surface area contributed by atoms with Gasteiger partial charge in [0.25, 0.3) is 0 Å². The SMILES string of the molecule is Cc1ccc(C(F)(F)Oc2ccc(-c3ccc(-c4cc(F)c(F)c(F)c4)c(F)c3)c(F)c2F)cc1. The fourth-order valence-electron chi connectivity index (χ4n) is 3.41. The summed E-state index contributed by atoms with van der Waals surface area (Å²) in [5.74, 6) is -10.2. The van der Waals surface area contributed by atoms with Crippen molar-refractivity contribution in [3.05, 3.63) is 113 Å². The van der Waals surface area contributed by atoms with Crippen LogP contribution in [0.4, 0.5) is 35.1 Å². The average molecular weight is 494 g/mol. The van der Waals surface area contributed by atoms with Crippen molar-refractivity contribution in [1.29, 1.82) is 0 Å². The van der Waals surface area contributed by atoms with E-state index in [4.69, 9.17) is 0 Å². The molecule has 4 aromatic rings. The highest BCUT2D eigenvalue weighted by Crippen LogP contribution is 2.37. The van der Waals surface area contributed by atoms with Gasteiger partial charge in [-0.1, -0.05) is 29.8 Å². The van der Waals surface area contributed by atoms with Crippen molar-refractivity contribution in [2.75, 3.05) is 0 Å². The zero-order chi connectivity index (χ0) is 25.5. The maximum absolute atomic E-state index is 14.7. The lowest BCUT2D eigenvalue weighted by Gasteiger charge is -2.19. The average Bonchev–Trinajstić information content (AvgIpc) is 2.80. The summed E-state index contributed by atoms with van der Waals surface area (Å²) in [5.41, 5.74) is -1.18. The number of aryl methyl sites for hydroxylation is 1. The second-order valence-corrected chi connectivity index (χ2v) is 7.67. The summed E-state index contributed by atoms with van der Waals surface area (Å²) in [6.45, 7) is 1.68. The van der Waals surface area contributed by atoms with Gasteiger partial charge in [-0.25, -0.2) is 22.0 Å². The molecule has 0 amide bonds. The van der Waals surface area contributed by atoms with E-state index in [-0.39, 0.29) is 16.7 Å². The van der Waals surface area contributed by atoms with E-state index < -0.39 is 57.9 Å². The molecule has 1 nitrogen and oxygen atoms in total. The van der Waals surface area contributed by atoms with Crippen molar-refractivity contribution in [2.45, 2.75) is 13.0 Å². The van der Waals surface area contributed by atoms with Gasteiger partial charge >= 0.3 is 6.11 Å². The predicted octanol–water partition coefficient (Wildman–Crippen LogP) is 8.29. The Kier molecular flexibility index (Phi) is 6.27. The summed E-state index contributed by atoms with van der Waals surface area (Å²) < 4.78 is 117. The topological polar surface area (TPSA) is 9.23 Å². The number of alkyl halides is 2. The van der Waals surface area contributed by atoms with Crippen molar-refractivity contribution in [2.24, 2.45) is 0 Å². The van der Waals surface area contributed by atoms with Gasteiger partial charge in [-0.3, -0.25) is 0 Å². The lowest BCUT2D eigenvalue weighted by atomic mass is 9.98. The number of rotatable bonds is 5. The number of ether oxygens (including phenoxy) is 1. The Morgan fingerprint density at radius 3 is 1.74 bits per heavy atom. The van der Waals surface area contributed by atoms with Gasteiger partial charge in [0.15, 0.2) is 29.0 Å². The summed E-state index contributed by atoms with van der Waals surface area (Å²) in [4.78, 5) is 0. The maximum Gasteiger partial charge on any atom is 0.426 e. The molecule has 0 saturated heterocycles. The van der Waals surface area contributed by atoms with Gasteiger partial charge in [-0.2, -0.15) is 13.2 Å². The molecule has 0 radical (unpaired) electrons. The molecule has 0 aromatic heterocycles. The molecule has 9 heteroatoms. The Morgan fingerprint density at radius 2 is 1.14 bits per heavy atom. The van der Waals surface area contributed by atoms with E-state index in [1.165, 1.54) is 12.1 Å². The van der Waals surface area contributed by atoms with Crippen molar-refractivity contribution in [3.8, 4) is 28.0 Å². The molecule has 0 unspecified atom stereocenters. The van der Waals surface area contributed by atoms with Crippen LogP contribution in [0.3, 0.4) is 0 Å². The number of benzene rings is 4. The fraction of sp³-hybridized carbons (Fsp3) is 0.0769. The van der Waals surface area contributed by atoms with Crippen LogP contribution in [0.2, 0.25) is 0 Å². The fourth-order valence-corrected chi connectivity index (χ4v) is 3.41. The first-order valence-corrected chi connectivity index (χ1v) is 10.0. The molecule has 0 spiro atoms. The van der Waals surface area contributed by atoms with E-state index in [9.17, 15) is 35.1 Å². The van der Waals surface area contributed by atoms with Crippen LogP contribution in [0.5, 0.6) is 5.75 Å². The zero-order valence-electron chi connectivity index (χ0n) is 17.8. The van der Waals surface area contributed by atoms with Gasteiger partial charge in [0.05, 0.1) is 5.56 Å². The minimum Gasteiger partial charge on any atom is -0.426 e. The molecule has 35 heavy (non-hydrogen) atoms. The van der Waals surface area contributed by atoms with E-state index in [0.717, 1.165) is 42.5 Å². The molecule has 4 rings (SSSR count). The predicted molar refractivity (Wildman–Crippen MR) is 113 cm³/mol. The van der Waals surface area contributed by atoms with Gasteiger partial charge < -0.3 is 4.74 Å². The number of halogens is 8. The molecule has 0 bridgehead atoms. The largest absolute Gasteiger partial charge is 0.426 e. The molecular weight excluding hydrogens is 480 g/mol. The van der Waals surface area contributed by atoms with Crippen molar-refractivity contribution < 1.29 is 39.9 Å². The Hall–Kier alpha value is -3.88. The third-order valence-corrected chi connectivity index (χ3v) is 5.25. The molecule has 0 fully saturated rings. The van der Waals surface area contributed by atoms with Crippen molar-refractivity contribution in [3.63, 3.8) is 0 Å². The van der Waals surface area contributed by atoms with E-state index in [1.54, 1.807) is 6.92 Å². The third-order valence-electron chi connectivity index (χ3n) is 5.25. The highest BCUT2D eigenvalue weighted by atomic mass is 19.3. The van der Waals surface area contributed by atoms with Gasteiger partial charge in [0.1, 0.15) is 5.82 Å². The molecule has 0 aliphatic rings. The zero-order valence-corrected chi connectivity index (χ0v) is 17.8. The quantitative estimate of drug-likeness (QED) is 0.200. The standard InChI is InChI=1S/C26H14F8O/c1-13-2-5-16(6-3-13)26(33,34)35-22-9-8-18(23(30)25(22)32)14-4-7-17(19(27)10-14)15-11-20(28)24(31)21(29)12-15/h2-12H,1H3. The molecule has 0 N–H and O–H groups in total. The summed E-state index contributed by atoms with van der Waals surface area (Å²) in [7, 11) is 0. The number of hydrogen-bond donors (Lipinski definition) is 0. The van der Waals surface area contributed by atoms with Crippen LogP contribution in [-0.4, -0.2) is 0 Å². The maximum atomic E-state index is 14.7. The van der Waals surface area contributed by atoms with Gasteiger partial charge in [0, 0.05) is 11.1 Å². The summed E-state index contributed by atoms with van der Waals surface area (Å²) in [5, 5.41) is 0. The van der Waals surface area contributed by atoms with Crippen LogP contribution >= 0.6 is 0 Å². The van der Waals surface area contributed by atoms with Crippen LogP contribution in [0.15, 0.2) is 66.7 Å². The molecule has 0 aliphatic carbocycles. The van der Waals surface area contributed by atoms with Gasteiger partial charge in [-0.15, -0.1) is 0 Å². The normalized spacial score (nSPS) is 11.6. The molecule has 0 aliphatic heterocycles. The first kappa shape index (κ1) is 24.3. The molecule has 4 aromatic carbocycles. The van der Waals surface area contributed by atoms with Crippen LogP contribution in [-0.2, 0) is 6.11 Å². The molecule has 0 heterocycles. The van der Waals surface area contributed by atoms with E-state index in [2.05, 4.69) is 4.74 Å². The van der Waals surface area contributed by atoms with Gasteiger partial charge in [-0.05, 0) is 60.5 Å². The summed E-state index contributed by atoms with van der Waals surface area (Å²) in [6, 6.07) is 10.7. The molecule has 180 valence electrons. The first-order valence-electron chi connectivity index (χ1n) is 10.0. The van der Waals surface area contributed by atoms with Crippen LogP contribution in [0.25, 0.3) is 22.3 Å². The van der Waals surface area contributed by atoms with Crippen LogP contribution < -0.4 is 4.74 Å². The Labute approximate surface area is 194 Å². The van der Waals surface area contributed by atoms with Crippen molar-refractivity contribution in [1.82, 2.24) is 0 Å². The smallest absolute Gasteiger partial charge is 0.426 e. The second kappa shape index (κ2) is 9.05. The molecule has 0 atom stereocenters. The molecular formula is C26H14F8O. The first-order chi connectivity index (χ1) is 16.5. The van der Waals surface area contributed by atoms with Crippen LogP contribution in [0, 0.1) is 41.8 Å². The minimum atomic E-state index is -3.96. The minimum absolute atomic E-state index is 0.192. The Balaban J connectivity index is 1.66. The monoisotopic (exact) mass is 494 g/mol. The molecule has 0 saturated carbocycles. The van der Waals surface area contributed by atoms with Gasteiger partial charge in [0.2, 0.25) is 5.82 Å². The Bertz CT molecular complexity index is 1390. The summed E-state index contributed by atoms with van der Waals surface area (Å²) in [6.07, 6.45) is -3.96. The van der Waals surface area contributed by atoms with Crippen molar-refractivity contribution >= 4 is 0 Å².